The summed E-state index contributed by atoms with van der Waals surface area (Å²) in [7, 11) is 0. The van der Waals surface area contributed by atoms with E-state index in [0.29, 0.717) is 24.5 Å². The minimum absolute atomic E-state index is 0.0441. The third-order valence-corrected chi connectivity index (χ3v) is 4.19. The number of aromatic nitrogens is 4. The van der Waals surface area contributed by atoms with Gasteiger partial charge in [0.05, 0.1) is 6.33 Å². The Kier molecular flexibility index (Phi) is 4.92. The van der Waals surface area contributed by atoms with Crippen molar-refractivity contribution in [2.45, 2.75) is 27.3 Å². The number of nitrogens with zero attached hydrogens (tertiary/aromatic N) is 5. The molecule has 0 saturated carbocycles. The second-order valence-corrected chi connectivity index (χ2v) is 5.60. The van der Waals surface area contributed by atoms with E-state index in [1.165, 1.54) is 6.33 Å². The van der Waals surface area contributed by atoms with E-state index in [0.717, 1.165) is 23.4 Å². The molecule has 130 valence electrons. The number of carbonyl (C=O) groups is 1. The maximum atomic E-state index is 12.4. The summed E-state index contributed by atoms with van der Waals surface area (Å²) in [6.07, 6.45) is 3.28. The van der Waals surface area contributed by atoms with Gasteiger partial charge < -0.3 is 14.8 Å². The van der Waals surface area contributed by atoms with Crippen molar-refractivity contribution in [2.75, 3.05) is 18.4 Å². The molecule has 0 aliphatic carbocycles. The molecule has 3 rings (SSSR count). The molecule has 0 radical (unpaired) electrons. The summed E-state index contributed by atoms with van der Waals surface area (Å²) >= 11 is 0. The number of carbonyl (C=O) groups excluding carboxylic acids is 1. The first-order chi connectivity index (χ1) is 12.2. The number of benzene rings is 1. The Morgan fingerprint density at radius 3 is 2.44 bits per heavy atom. The Balaban J connectivity index is 1.83. The van der Waals surface area contributed by atoms with Gasteiger partial charge in [-0.2, -0.15) is 0 Å². The largest absolute Gasteiger partial charge is 0.339 e. The van der Waals surface area contributed by atoms with Crippen LogP contribution in [0.2, 0.25) is 0 Å². The molecule has 0 bridgehead atoms. The van der Waals surface area contributed by atoms with E-state index in [1.54, 1.807) is 11.2 Å². The van der Waals surface area contributed by atoms with E-state index in [-0.39, 0.29) is 5.91 Å². The Morgan fingerprint density at radius 1 is 1.08 bits per heavy atom. The van der Waals surface area contributed by atoms with E-state index in [4.69, 9.17) is 0 Å². The lowest BCUT2D eigenvalue weighted by molar-refractivity contribution is 0.0773. The van der Waals surface area contributed by atoms with Crippen LogP contribution in [-0.4, -0.2) is 43.4 Å². The number of aryl methyl sites for hydroxylation is 1. The Labute approximate surface area is 146 Å². The third kappa shape index (κ3) is 3.31. The lowest BCUT2D eigenvalue weighted by Crippen LogP contribution is -2.30. The van der Waals surface area contributed by atoms with Crippen LogP contribution in [0.5, 0.6) is 0 Å². The second kappa shape index (κ2) is 7.29. The fourth-order valence-corrected chi connectivity index (χ4v) is 2.73. The molecule has 2 aromatic heterocycles. The molecule has 2 heterocycles. The molecule has 7 heteroatoms. The second-order valence-electron chi connectivity index (χ2n) is 5.60. The number of hydrogen-bond donors (Lipinski definition) is 1. The van der Waals surface area contributed by atoms with Crippen molar-refractivity contribution in [3.63, 3.8) is 0 Å². The summed E-state index contributed by atoms with van der Waals surface area (Å²) in [5.41, 5.74) is 3.06. The summed E-state index contributed by atoms with van der Waals surface area (Å²) in [4.78, 5) is 27.1. The number of amides is 1. The SMILES string of the molecule is CCN(CC)C(=O)c1ccc(Nc2ncnc3c2ncn3CC)cc1. The molecule has 0 fully saturated rings. The van der Waals surface area contributed by atoms with Crippen LogP contribution in [-0.2, 0) is 6.54 Å². The monoisotopic (exact) mass is 338 g/mol. The van der Waals surface area contributed by atoms with Crippen LogP contribution in [0, 0.1) is 0 Å². The minimum Gasteiger partial charge on any atom is -0.339 e. The van der Waals surface area contributed by atoms with Gasteiger partial charge in [-0.25, -0.2) is 15.0 Å². The number of rotatable bonds is 6. The van der Waals surface area contributed by atoms with Crippen molar-refractivity contribution >= 4 is 28.6 Å². The van der Waals surface area contributed by atoms with Gasteiger partial charge in [0.1, 0.15) is 6.33 Å². The molecule has 0 unspecified atom stereocenters. The van der Waals surface area contributed by atoms with Gasteiger partial charge in [-0.3, -0.25) is 4.79 Å². The molecule has 0 saturated heterocycles. The highest BCUT2D eigenvalue weighted by atomic mass is 16.2. The van der Waals surface area contributed by atoms with Crippen molar-refractivity contribution in [2.24, 2.45) is 0 Å². The van der Waals surface area contributed by atoms with Crippen molar-refractivity contribution in [3.8, 4) is 0 Å². The van der Waals surface area contributed by atoms with Crippen molar-refractivity contribution in [1.29, 1.82) is 0 Å². The van der Waals surface area contributed by atoms with Crippen LogP contribution in [0.4, 0.5) is 11.5 Å². The standard InChI is InChI=1S/C18H22N6O/c1-4-23(5-2)18(25)13-7-9-14(10-8-13)22-16-15-17(20-11-19-16)24(6-3)12-21-15/h7-12H,4-6H2,1-3H3,(H,19,20,22). The summed E-state index contributed by atoms with van der Waals surface area (Å²) in [5, 5.41) is 3.26. The van der Waals surface area contributed by atoms with Gasteiger partial charge in [0.2, 0.25) is 0 Å². The predicted octanol–water partition coefficient (Wildman–Crippen LogP) is 3.07. The molecule has 0 aliphatic rings. The van der Waals surface area contributed by atoms with E-state index in [1.807, 2.05) is 49.6 Å². The molecular formula is C18H22N6O. The molecule has 7 nitrogen and oxygen atoms in total. The fourth-order valence-electron chi connectivity index (χ4n) is 2.73. The average molecular weight is 338 g/mol. The van der Waals surface area contributed by atoms with E-state index in [9.17, 15) is 4.79 Å². The lowest BCUT2D eigenvalue weighted by Gasteiger charge is -2.18. The van der Waals surface area contributed by atoms with Crippen LogP contribution in [0.3, 0.4) is 0 Å². The Bertz CT molecular complexity index is 867. The molecule has 25 heavy (non-hydrogen) atoms. The van der Waals surface area contributed by atoms with Gasteiger partial charge in [-0.15, -0.1) is 0 Å². The maximum Gasteiger partial charge on any atom is 0.253 e. The first kappa shape index (κ1) is 16.9. The summed E-state index contributed by atoms with van der Waals surface area (Å²) in [6.45, 7) is 8.21. The highest BCUT2D eigenvalue weighted by Gasteiger charge is 2.13. The Hall–Kier alpha value is -2.96. The van der Waals surface area contributed by atoms with Gasteiger partial charge in [0.15, 0.2) is 17.0 Å². The summed E-state index contributed by atoms with van der Waals surface area (Å²) in [5.74, 6) is 0.697. The lowest BCUT2D eigenvalue weighted by atomic mass is 10.1. The normalized spacial score (nSPS) is 10.8. The van der Waals surface area contributed by atoms with Gasteiger partial charge in [0, 0.05) is 30.9 Å². The molecule has 1 amide bonds. The summed E-state index contributed by atoms with van der Waals surface area (Å²) in [6, 6.07) is 7.40. The smallest absolute Gasteiger partial charge is 0.253 e. The number of imidazole rings is 1. The first-order valence-electron chi connectivity index (χ1n) is 8.50. The zero-order valence-corrected chi connectivity index (χ0v) is 14.7. The van der Waals surface area contributed by atoms with E-state index in [2.05, 4.69) is 20.3 Å². The Morgan fingerprint density at radius 2 is 1.80 bits per heavy atom. The molecule has 3 aromatic rings. The van der Waals surface area contributed by atoms with E-state index >= 15 is 0 Å². The van der Waals surface area contributed by atoms with Crippen LogP contribution in [0.1, 0.15) is 31.1 Å². The molecule has 0 atom stereocenters. The zero-order valence-electron chi connectivity index (χ0n) is 14.7. The third-order valence-electron chi connectivity index (χ3n) is 4.19. The highest BCUT2D eigenvalue weighted by Crippen LogP contribution is 2.22. The van der Waals surface area contributed by atoms with Crippen LogP contribution in [0.15, 0.2) is 36.9 Å². The number of hydrogen-bond acceptors (Lipinski definition) is 5. The summed E-state index contributed by atoms with van der Waals surface area (Å²) < 4.78 is 1.97. The van der Waals surface area contributed by atoms with Crippen LogP contribution >= 0.6 is 0 Å². The first-order valence-corrected chi connectivity index (χ1v) is 8.50. The zero-order chi connectivity index (χ0) is 17.8. The van der Waals surface area contributed by atoms with Gasteiger partial charge in [-0.05, 0) is 45.0 Å². The van der Waals surface area contributed by atoms with Crippen molar-refractivity contribution in [3.05, 3.63) is 42.5 Å². The topological polar surface area (TPSA) is 75.9 Å². The number of fused-ring (bicyclic) bond motifs is 1. The number of anilines is 2. The molecule has 1 aromatic carbocycles. The fraction of sp³-hybridized carbons (Fsp3) is 0.333. The van der Waals surface area contributed by atoms with Gasteiger partial charge in [-0.1, -0.05) is 0 Å². The quantitative estimate of drug-likeness (QED) is 0.747. The van der Waals surface area contributed by atoms with Gasteiger partial charge in [0.25, 0.3) is 5.91 Å². The van der Waals surface area contributed by atoms with Crippen molar-refractivity contribution < 1.29 is 4.79 Å². The molecule has 1 N–H and O–H groups in total. The van der Waals surface area contributed by atoms with Crippen LogP contribution in [0.25, 0.3) is 11.2 Å². The number of nitrogens with one attached hydrogen (secondary N) is 1. The average Bonchev–Trinajstić information content (AvgIpc) is 3.07. The maximum absolute atomic E-state index is 12.4. The highest BCUT2D eigenvalue weighted by molar-refractivity contribution is 5.94. The van der Waals surface area contributed by atoms with Crippen LogP contribution < -0.4 is 5.32 Å². The van der Waals surface area contributed by atoms with E-state index < -0.39 is 0 Å². The predicted molar refractivity (Wildman–Crippen MR) is 98.0 cm³/mol. The van der Waals surface area contributed by atoms with Crippen molar-refractivity contribution in [1.82, 2.24) is 24.4 Å². The molecule has 0 aliphatic heterocycles. The van der Waals surface area contributed by atoms with Gasteiger partial charge >= 0.3 is 0 Å². The minimum atomic E-state index is 0.0441. The molecule has 0 spiro atoms. The molecular weight excluding hydrogens is 316 g/mol.